The third kappa shape index (κ3) is 2.91. The monoisotopic (exact) mass is 340 g/mol. The maximum Gasteiger partial charge on any atom is 0.432 e. The number of aromatic nitrogens is 2. The number of para-hydroxylation sites is 4. The average molecular weight is 340 g/mol. The number of benzene rings is 2. The topological polar surface area (TPSA) is 114 Å². The predicted octanol–water partition coefficient (Wildman–Crippen LogP) is 2.83. The van der Waals surface area contributed by atoms with Gasteiger partial charge in [0.05, 0.1) is 0 Å². The standard InChI is InChI=1S/C16H8N2O7/c19-15(13-17-9-5-1-3-7-11(9)21-13)23-25-24-16(20)14-18-10-6-2-4-8-12(10)22-14/h1-8H. The zero-order chi connectivity index (χ0) is 17.2. The van der Waals surface area contributed by atoms with E-state index in [0.29, 0.717) is 22.2 Å². The molecule has 0 aliphatic rings. The number of hydrogen-bond acceptors (Lipinski definition) is 9. The van der Waals surface area contributed by atoms with Gasteiger partial charge in [0.2, 0.25) is 0 Å². The molecule has 0 aliphatic heterocycles. The van der Waals surface area contributed by atoms with Crippen molar-refractivity contribution in [1.29, 1.82) is 0 Å². The Labute approximate surface area is 138 Å². The van der Waals surface area contributed by atoms with Crippen molar-refractivity contribution in [1.82, 2.24) is 9.97 Å². The summed E-state index contributed by atoms with van der Waals surface area (Å²) in [6.45, 7) is 0. The molecule has 4 aromatic rings. The highest BCUT2D eigenvalue weighted by Gasteiger charge is 2.21. The van der Waals surface area contributed by atoms with E-state index < -0.39 is 11.9 Å². The summed E-state index contributed by atoms with van der Waals surface area (Å²) in [5.74, 6) is -2.83. The molecule has 2 heterocycles. The van der Waals surface area contributed by atoms with Crippen LogP contribution < -0.4 is 0 Å². The molecule has 9 heteroatoms. The fourth-order valence-electron chi connectivity index (χ4n) is 2.07. The molecule has 0 aliphatic carbocycles. The third-order valence-electron chi connectivity index (χ3n) is 3.16. The Balaban J connectivity index is 1.38. The van der Waals surface area contributed by atoms with Gasteiger partial charge >= 0.3 is 23.7 Å². The van der Waals surface area contributed by atoms with E-state index in [4.69, 9.17) is 8.83 Å². The summed E-state index contributed by atoms with van der Waals surface area (Å²) in [7, 11) is 0. The zero-order valence-corrected chi connectivity index (χ0v) is 12.4. The lowest BCUT2D eigenvalue weighted by atomic mass is 10.3. The van der Waals surface area contributed by atoms with Crippen LogP contribution in [-0.4, -0.2) is 21.9 Å². The first-order valence-electron chi connectivity index (χ1n) is 7.02. The van der Waals surface area contributed by atoms with E-state index in [2.05, 4.69) is 24.8 Å². The summed E-state index contributed by atoms with van der Waals surface area (Å²) in [5.41, 5.74) is 1.74. The van der Waals surface area contributed by atoms with Crippen molar-refractivity contribution in [2.75, 3.05) is 0 Å². The summed E-state index contributed by atoms with van der Waals surface area (Å²) in [6.07, 6.45) is 0. The molecule has 2 aromatic carbocycles. The highest BCUT2D eigenvalue weighted by atomic mass is 17.5. The number of nitrogens with zero attached hydrogens (tertiary/aromatic N) is 2. The smallest absolute Gasteiger partial charge is 0.431 e. The molecule has 0 bridgehead atoms. The van der Waals surface area contributed by atoms with E-state index in [1.165, 1.54) is 0 Å². The normalized spacial score (nSPS) is 10.9. The Hall–Kier alpha value is -3.72. The van der Waals surface area contributed by atoms with Crippen LogP contribution in [0.25, 0.3) is 22.2 Å². The van der Waals surface area contributed by atoms with E-state index in [1.54, 1.807) is 48.5 Å². The first-order chi connectivity index (χ1) is 12.2. The van der Waals surface area contributed by atoms with Crippen LogP contribution in [0.15, 0.2) is 57.4 Å². The maximum atomic E-state index is 11.7. The van der Waals surface area contributed by atoms with Crippen LogP contribution in [0.3, 0.4) is 0 Å². The highest BCUT2D eigenvalue weighted by molar-refractivity contribution is 5.88. The van der Waals surface area contributed by atoms with Crippen molar-refractivity contribution >= 4 is 34.1 Å². The summed E-state index contributed by atoms with van der Waals surface area (Å²) < 4.78 is 10.3. The Morgan fingerprint density at radius 3 is 1.60 bits per heavy atom. The van der Waals surface area contributed by atoms with Crippen molar-refractivity contribution in [2.24, 2.45) is 0 Å². The fraction of sp³-hybridized carbons (Fsp3) is 0. The number of carbonyl (C=O) groups is 2. The van der Waals surface area contributed by atoms with Gasteiger partial charge in [-0.3, -0.25) is 0 Å². The van der Waals surface area contributed by atoms with Gasteiger partial charge in [-0.15, -0.1) is 0 Å². The fourth-order valence-corrected chi connectivity index (χ4v) is 2.07. The molecule has 0 fully saturated rings. The largest absolute Gasteiger partial charge is 0.432 e. The number of fused-ring (bicyclic) bond motifs is 2. The second-order valence-electron chi connectivity index (χ2n) is 4.78. The Morgan fingerprint density at radius 2 is 1.16 bits per heavy atom. The average Bonchev–Trinajstić information content (AvgIpc) is 3.25. The minimum atomic E-state index is -1.07. The molecule has 0 N–H and O–H groups in total. The van der Waals surface area contributed by atoms with Gasteiger partial charge in [0.1, 0.15) is 11.0 Å². The van der Waals surface area contributed by atoms with Gasteiger partial charge in [-0.1, -0.05) is 24.3 Å². The molecule has 0 saturated heterocycles. The molecular formula is C16H8N2O7. The summed E-state index contributed by atoms with van der Waals surface area (Å²) >= 11 is 0. The van der Waals surface area contributed by atoms with Crippen molar-refractivity contribution in [3.8, 4) is 0 Å². The van der Waals surface area contributed by atoms with E-state index in [-0.39, 0.29) is 11.8 Å². The first kappa shape index (κ1) is 14.8. The van der Waals surface area contributed by atoms with Crippen LogP contribution in [0.1, 0.15) is 21.4 Å². The second kappa shape index (κ2) is 6.06. The van der Waals surface area contributed by atoms with Crippen molar-refractivity contribution in [3.63, 3.8) is 0 Å². The molecule has 2 aromatic heterocycles. The molecule has 0 unspecified atom stereocenters. The quantitative estimate of drug-likeness (QED) is 0.408. The minimum absolute atomic E-state index is 0.348. The molecule has 0 radical (unpaired) electrons. The van der Waals surface area contributed by atoms with Crippen LogP contribution >= 0.6 is 0 Å². The van der Waals surface area contributed by atoms with Gasteiger partial charge in [0.25, 0.3) is 0 Å². The van der Waals surface area contributed by atoms with Crippen molar-refractivity contribution < 1.29 is 33.2 Å². The van der Waals surface area contributed by atoms with Gasteiger partial charge in [0.15, 0.2) is 11.2 Å². The highest BCUT2D eigenvalue weighted by Crippen LogP contribution is 2.17. The van der Waals surface area contributed by atoms with Gasteiger partial charge in [-0.05, 0) is 24.3 Å². The predicted molar refractivity (Wildman–Crippen MR) is 79.9 cm³/mol. The van der Waals surface area contributed by atoms with Gasteiger partial charge in [0, 0.05) is 5.04 Å². The van der Waals surface area contributed by atoms with Crippen LogP contribution in [0.5, 0.6) is 0 Å². The third-order valence-corrected chi connectivity index (χ3v) is 3.16. The molecule has 0 spiro atoms. The van der Waals surface area contributed by atoms with Crippen LogP contribution in [-0.2, 0) is 14.8 Å². The number of carbonyl (C=O) groups excluding carboxylic acids is 2. The molecule has 4 rings (SSSR count). The van der Waals surface area contributed by atoms with Gasteiger partial charge in [-0.25, -0.2) is 29.3 Å². The number of rotatable bonds is 4. The molecule has 0 amide bonds. The Bertz CT molecular complexity index is 930. The Kier molecular flexibility index (Phi) is 3.60. The molecular weight excluding hydrogens is 332 g/mol. The van der Waals surface area contributed by atoms with Crippen LogP contribution in [0.4, 0.5) is 0 Å². The van der Waals surface area contributed by atoms with Crippen LogP contribution in [0, 0.1) is 0 Å². The lowest BCUT2D eigenvalue weighted by molar-refractivity contribution is -0.447. The van der Waals surface area contributed by atoms with E-state index in [9.17, 15) is 9.59 Å². The second-order valence-corrected chi connectivity index (χ2v) is 4.78. The summed E-state index contributed by atoms with van der Waals surface area (Å²) in [4.78, 5) is 39.9. The Morgan fingerprint density at radius 1 is 0.720 bits per heavy atom. The van der Waals surface area contributed by atoms with Crippen LogP contribution in [0.2, 0.25) is 0 Å². The molecule has 9 nitrogen and oxygen atoms in total. The van der Waals surface area contributed by atoms with E-state index in [0.717, 1.165) is 0 Å². The summed E-state index contributed by atoms with van der Waals surface area (Å²) in [6, 6.07) is 13.5. The molecule has 0 atom stereocenters. The molecule has 0 saturated carbocycles. The lowest BCUT2D eigenvalue weighted by Crippen LogP contribution is -2.11. The molecule has 124 valence electrons. The van der Waals surface area contributed by atoms with E-state index in [1.807, 2.05) is 0 Å². The van der Waals surface area contributed by atoms with Crippen molar-refractivity contribution in [3.05, 3.63) is 60.3 Å². The maximum absolute atomic E-state index is 11.7. The number of oxazole rings is 2. The van der Waals surface area contributed by atoms with Gasteiger partial charge < -0.3 is 8.83 Å². The SMILES string of the molecule is O=C(OOOC(=O)c1nc2ccccc2o1)c1nc2ccccc2o1. The number of hydrogen-bond donors (Lipinski definition) is 0. The zero-order valence-electron chi connectivity index (χ0n) is 12.4. The van der Waals surface area contributed by atoms with Crippen molar-refractivity contribution in [2.45, 2.75) is 0 Å². The molecule has 25 heavy (non-hydrogen) atoms. The van der Waals surface area contributed by atoms with E-state index >= 15 is 0 Å². The summed E-state index contributed by atoms with van der Waals surface area (Å²) in [5, 5.41) is 4.16. The minimum Gasteiger partial charge on any atom is -0.431 e. The first-order valence-corrected chi connectivity index (χ1v) is 7.02. The lowest BCUT2D eigenvalue weighted by Gasteiger charge is -1.97. The van der Waals surface area contributed by atoms with Gasteiger partial charge in [-0.2, -0.15) is 0 Å².